The number of pyridine rings is 1. The minimum Gasteiger partial charge on any atom is -0.464 e. The molecule has 4 heteroatoms. The summed E-state index contributed by atoms with van der Waals surface area (Å²) in [6, 6.07) is 18.5. The van der Waals surface area contributed by atoms with Gasteiger partial charge in [-0.25, -0.2) is 9.97 Å². The molecule has 0 atom stereocenters. The van der Waals surface area contributed by atoms with Crippen LogP contribution in [0.2, 0.25) is 0 Å². The van der Waals surface area contributed by atoms with Gasteiger partial charge in [-0.1, -0.05) is 6.07 Å². The van der Waals surface area contributed by atoms with Crippen molar-refractivity contribution < 1.29 is 4.42 Å². The first kappa shape index (κ1) is 13.1. The molecule has 0 spiro atoms. The average Bonchev–Trinajstić information content (AvgIpc) is 3.31. The van der Waals surface area contributed by atoms with Gasteiger partial charge in [-0.2, -0.15) is 0 Å². The number of nitrogens with zero attached hydrogens (tertiary/aromatic N) is 3. The molecule has 0 fully saturated rings. The molecule has 0 aliphatic carbocycles. The molecule has 0 unspecified atom stereocenters. The number of fused-ring (bicyclic) bond motifs is 2. The van der Waals surface area contributed by atoms with E-state index in [0.717, 1.165) is 38.8 Å². The Morgan fingerprint density at radius 3 is 2.79 bits per heavy atom. The molecular weight excluding hydrogens is 298 g/mol. The second-order valence-electron chi connectivity index (χ2n) is 5.72. The summed E-state index contributed by atoms with van der Waals surface area (Å²) in [7, 11) is 0. The highest BCUT2D eigenvalue weighted by atomic mass is 16.3. The van der Waals surface area contributed by atoms with Crippen molar-refractivity contribution in [3.63, 3.8) is 0 Å². The molecule has 0 aliphatic heterocycles. The summed E-state index contributed by atoms with van der Waals surface area (Å²) in [6.45, 7) is 0. The summed E-state index contributed by atoms with van der Waals surface area (Å²) >= 11 is 0. The number of furan rings is 1. The van der Waals surface area contributed by atoms with Crippen LogP contribution in [0.1, 0.15) is 0 Å². The van der Waals surface area contributed by atoms with Crippen LogP contribution in [0, 0.1) is 0 Å². The predicted octanol–water partition coefficient (Wildman–Crippen LogP) is 4.83. The molecule has 0 saturated heterocycles. The Kier molecular flexibility index (Phi) is 2.76. The van der Waals surface area contributed by atoms with Crippen LogP contribution in [-0.4, -0.2) is 14.5 Å². The number of benzene rings is 2. The Bertz CT molecular complexity index is 1160. The lowest BCUT2D eigenvalue weighted by Gasteiger charge is -2.06. The fourth-order valence-corrected chi connectivity index (χ4v) is 2.97. The van der Waals surface area contributed by atoms with Gasteiger partial charge in [0.2, 0.25) is 0 Å². The monoisotopic (exact) mass is 311 g/mol. The van der Waals surface area contributed by atoms with Crippen LogP contribution in [0.3, 0.4) is 0 Å². The Hall–Kier alpha value is -3.40. The molecule has 114 valence electrons. The fraction of sp³-hybridized carbons (Fsp3) is 0. The zero-order valence-electron chi connectivity index (χ0n) is 12.8. The molecule has 3 aromatic heterocycles. The van der Waals surface area contributed by atoms with Crippen molar-refractivity contribution >= 4 is 21.9 Å². The van der Waals surface area contributed by atoms with E-state index >= 15 is 0 Å². The van der Waals surface area contributed by atoms with Crippen LogP contribution in [0.5, 0.6) is 0 Å². The van der Waals surface area contributed by atoms with Gasteiger partial charge in [-0.05, 0) is 48.5 Å². The summed E-state index contributed by atoms with van der Waals surface area (Å²) < 4.78 is 7.39. The van der Waals surface area contributed by atoms with E-state index in [1.807, 2.05) is 35.0 Å². The zero-order chi connectivity index (χ0) is 15.9. The lowest BCUT2D eigenvalue weighted by molar-refractivity contribution is 0.616. The third-order valence-electron chi connectivity index (χ3n) is 4.22. The van der Waals surface area contributed by atoms with Crippen molar-refractivity contribution in [3.05, 3.63) is 79.6 Å². The number of hydrogen-bond donors (Lipinski definition) is 0. The number of imidazole rings is 1. The summed E-state index contributed by atoms with van der Waals surface area (Å²) in [6.07, 6.45) is 7.21. The second kappa shape index (κ2) is 5.06. The van der Waals surface area contributed by atoms with Crippen LogP contribution in [0.4, 0.5) is 0 Å². The SMILES string of the molecule is c1cn(-c2ccc3nc(-c4ccc5occc5c4)ccc3c2)cn1. The largest absolute Gasteiger partial charge is 0.464 e. The summed E-state index contributed by atoms with van der Waals surface area (Å²) in [4.78, 5) is 8.90. The zero-order valence-corrected chi connectivity index (χ0v) is 12.8. The molecule has 24 heavy (non-hydrogen) atoms. The van der Waals surface area contributed by atoms with E-state index in [4.69, 9.17) is 9.40 Å². The molecular formula is C20H13N3O. The van der Waals surface area contributed by atoms with Crippen molar-refractivity contribution in [3.8, 4) is 16.9 Å². The number of aromatic nitrogens is 3. The molecule has 0 saturated carbocycles. The highest BCUT2D eigenvalue weighted by Gasteiger charge is 2.05. The molecule has 0 amide bonds. The van der Waals surface area contributed by atoms with Crippen molar-refractivity contribution in [2.24, 2.45) is 0 Å². The van der Waals surface area contributed by atoms with E-state index in [0.29, 0.717) is 0 Å². The van der Waals surface area contributed by atoms with Crippen molar-refractivity contribution in [1.29, 1.82) is 0 Å². The molecule has 0 radical (unpaired) electrons. The normalized spacial score (nSPS) is 11.3. The first-order valence-electron chi connectivity index (χ1n) is 7.74. The van der Waals surface area contributed by atoms with Crippen molar-refractivity contribution in [2.45, 2.75) is 0 Å². The quantitative estimate of drug-likeness (QED) is 0.469. The van der Waals surface area contributed by atoms with Gasteiger partial charge in [0.05, 0.1) is 23.8 Å². The summed E-state index contributed by atoms with van der Waals surface area (Å²) in [5.74, 6) is 0. The van der Waals surface area contributed by atoms with E-state index in [1.165, 1.54) is 0 Å². The van der Waals surface area contributed by atoms with Gasteiger partial charge >= 0.3 is 0 Å². The number of rotatable bonds is 2. The van der Waals surface area contributed by atoms with Gasteiger partial charge in [0.15, 0.2) is 0 Å². The molecule has 5 aromatic rings. The summed E-state index contributed by atoms with van der Waals surface area (Å²) in [5, 5.41) is 2.19. The van der Waals surface area contributed by atoms with E-state index in [9.17, 15) is 0 Å². The van der Waals surface area contributed by atoms with Crippen molar-refractivity contribution in [2.75, 3.05) is 0 Å². The Morgan fingerprint density at radius 1 is 0.875 bits per heavy atom. The molecule has 0 bridgehead atoms. The summed E-state index contributed by atoms with van der Waals surface area (Å²) in [5.41, 5.74) is 4.99. The van der Waals surface area contributed by atoms with E-state index < -0.39 is 0 Å². The number of hydrogen-bond acceptors (Lipinski definition) is 3. The van der Waals surface area contributed by atoms with E-state index in [1.54, 1.807) is 18.8 Å². The van der Waals surface area contributed by atoms with Gasteiger partial charge in [-0.3, -0.25) is 0 Å². The minimum absolute atomic E-state index is 0.893. The van der Waals surface area contributed by atoms with Crippen LogP contribution in [0.25, 0.3) is 38.8 Å². The van der Waals surface area contributed by atoms with Crippen LogP contribution >= 0.6 is 0 Å². The first-order valence-corrected chi connectivity index (χ1v) is 7.74. The maximum atomic E-state index is 5.40. The Morgan fingerprint density at radius 2 is 1.88 bits per heavy atom. The van der Waals surface area contributed by atoms with Crippen molar-refractivity contribution in [1.82, 2.24) is 14.5 Å². The third-order valence-corrected chi connectivity index (χ3v) is 4.22. The molecule has 4 nitrogen and oxygen atoms in total. The molecule has 2 aromatic carbocycles. The maximum absolute atomic E-state index is 5.40. The molecule has 0 N–H and O–H groups in total. The third kappa shape index (κ3) is 2.08. The topological polar surface area (TPSA) is 43.9 Å². The average molecular weight is 311 g/mol. The smallest absolute Gasteiger partial charge is 0.133 e. The van der Waals surface area contributed by atoms with Gasteiger partial charge in [0.25, 0.3) is 0 Å². The highest BCUT2D eigenvalue weighted by Crippen LogP contribution is 2.26. The van der Waals surface area contributed by atoms with Gasteiger partial charge in [-0.15, -0.1) is 0 Å². The Labute approximate surface area is 138 Å². The first-order chi connectivity index (χ1) is 11.9. The van der Waals surface area contributed by atoms with Crippen LogP contribution < -0.4 is 0 Å². The second-order valence-corrected chi connectivity index (χ2v) is 5.72. The van der Waals surface area contributed by atoms with Crippen LogP contribution in [-0.2, 0) is 0 Å². The molecule has 0 aliphatic rings. The van der Waals surface area contributed by atoms with Gasteiger partial charge in [0, 0.05) is 34.4 Å². The standard InChI is InChI=1S/C20H13N3O/c1-4-18(14-2-6-20-16(11-14)7-10-24-20)22-19-5-3-17(12-15(1)19)23-9-8-21-13-23/h1-13H. The maximum Gasteiger partial charge on any atom is 0.133 e. The van der Waals surface area contributed by atoms with Gasteiger partial charge < -0.3 is 8.98 Å². The predicted molar refractivity (Wildman–Crippen MR) is 94.1 cm³/mol. The molecule has 5 rings (SSSR count). The van der Waals surface area contributed by atoms with E-state index in [-0.39, 0.29) is 0 Å². The van der Waals surface area contributed by atoms with E-state index in [2.05, 4.69) is 35.3 Å². The fourth-order valence-electron chi connectivity index (χ4n) is 2.97. The van der Waals surface area contributed by atoms with Gasteiger partial charge in [0.1, 0.15) is 5.58 Å². The molecule has 3 heterocycles. The Balaban J connectivity index is 1.61. The highest BCUT2D eigenvalue weighted by molar-refractivity contribution is 5.86. The lowest BCUT2D eigenvalue weighted by atomic mass is 10.1. The lowest BCUT2D eigenvalue weighted by Crippen LogP contribution is -1.91. The minimum atomic E-state index is 0.893. The van der Waals surface area contributed by atoms with Crippen LogP contribution in [0.15, 0.2) is 84.0 Å².